The van der Waals surface area contributed by atoms with Gasteiger partial charge in [0.25, 0.3) is 5.91 Å². The molecule has 3 heterocycles. The first-order valence-electron chi connectivity index (χ1n) is 9.11. The van der Waals surface area contributed by atoms with Crippen molar-refractivity contribution in [2.24, 2.45) is 5.92 Å². The van der Waals surface area contributed by atoms with E-state index in [4.69, 9.17) is 4.74 Å². The van der Waals surface area contributed by atoms with Crippen molar-refractivity contribution in [1.29, 1.82) is 0 Å². The number of hydrogen-bond acceptors (Lipinski definition) is 3. The summed E-state index contributed by atoms with van der Waals surface area (Å²) >= 11 is 0. The molecule has 1 amide bonds. The number of fused-ring (bicyclic) bond motifs is 1. The van der Waals surface area contributed by atoms with Crippen LogP contribution in [0.5, 0.6) is 0 Å². The summed E-state index contributed by atoms with van der Waals surface area (Å²) in [5.41, 5.74) is 0.735. The third-order valence-electron chi connectivity index (χ3n) is 5.68. The van der Waals surface area contributed by atoms with E-state index in [0.717, 1.165) is 57.4 Å². The summed E-state index contributed by atoms with van der Waals surface area (Å²) in [4.78, 5) is 16.8. The Labute approximate surface area is 142 Å². The van der Waals surface area contributed by atoms with Crippen molar-refractivity contribution in [3.05, 3.63) is 35.6 Å². The summed E-state index contributed by atoms with van der Waals surface area (Å²) in [6.07, 6.45) is 3.97. The van der Waals surface area contributed by atoms with Gasteiger partial charge in [-0.3, -0.25) is 9.69 Å². The van der Waals surface area contributed by atoms with E-state index in [1.54, 1.807) is 6.07 Å². The van der Waals surface area contributed by atoms with Gasteiger partial charge in [0.1, 0.15) is 11.9 Å². The first-order chi connectivity index (χ1) is 11.7. The number of hydrogen-bond donors (Lipinski definition) is 0. The van der Waals surface area contributed by atoms with Crippen LogP contribution in [-0.4, -0.2) is 54.1 Å². The van der Waals surface area contributed by atoms with Crippen LogP contribution in [0.3, 0.4) is 0 Å². The van der Waals surface area contributed by atoms with Crippen LogP contribution in [0.25, 0.3) is 0 Å². The van der Waals surface area contributed by atoms with Crippen molar-refractivity contribution in [2.45, 2.75) is 44.4 Å². The van der Waals surface area contributed by atoms with Crippen molar-refractivity contribution >= 4 is 5.91 Å². The Bertz CT molecular complexity index is 603. The lowest BCUT2D eigenvalue weighted by molar-refractivity contribution is -0.142. The zero-order valence-corrected chi connectivity index (χ0v) is 14.0. The number of nitrogens with zero attached hydrogens (tertiary/aromatic N) is 2. The van der Waals surface area contributed by atoms with Crippen molar-refractivity contribution in [2.75, 3.05) is 26.2 Å². The third-order valence-corrected chi connectivity index (χ3v) is 5.68. The molecule has 4 rings (SSSR count). The lowest BCUT2D eigenvalue weighted by Crippen LogP contribution is -2.42. The molecule has 3 atom stereocenters. The molecule has 4 nitrogen and oxygen atoms in total. The lowest BCUT2D eigenvalue weighted by atomic mass is 9.91. The minimum Gasteiger partial charge on any atom is -0.364 e. The Kier molecular flexibility index (Phi) is 4.55. The normalized spacial score (nSPS) is 30.5. The van der Waals surface area contributed by atoms with E-state index in [2.05, 4.69) is 4.90 Å². The predicted molar refractivity (Wildman–Crippen MR) is 88.9 cm³/mol. The molecule has 130 valence electrons. The molecule has 3 fully saturated rings. The fraction of sp³-hybridized carbons (Fsp3) is 0.632. The maximum Gasteiger partial charge on any atom is 0.251 e. The minimum atomic E-state index is -0.258. The highest BCUT2D eigenvalue weighted by Gasteiger charge is 2.43. The average molecular weight is 332 g/mol. The molecule has 0 radical (unpaired) electrons. The average Bonchev–Trinajstić information content (AvgIpc) is 3.25. The molecule has 1 aromatic rings. The molecule has 5 heteroatoms. The fourth-order valence-corrected chi connectivity index (χ4v) is 4.31. The van der Waals surface area contributed by atoms with Gasteiger partial charge < -0.3 is 9.64 Å². The van der Waals surface area contributed by atoms with Gasteiger partial charge in [0.15, 0.2) is 0 Å². The monoisotopic (exact) mass is 332 g/mol. The van der Waals surface area contributed by atoms with E-state index >= 15 is 0 Å². The summed E-state index contributed by atoms with van der Waals surface area (Å²) in [6.45, 7) is 4.12. The molecule has 1 aromatic carbocycles. The van der Waals surface area contributed by atoms with E-state index in [1.807, 2.05) is 17.0 Å². The summed E-state index contributed by atoms with van der Waals surface area (Å²) in [5, 5.41) is 0. The number of piperidine rings is 1. The van der Waals surface area contributed by atoms with Crippen LogP contribution in [0.4, 0.5) is 4.39 Å². The molecule has 3 aliphatic rings. The number of rotatable bonds is 3. The molecule has 0 aromatic heterocycles. The van der Waals surface area contributed by atoms with Gasteiger partial charge >= 0.3 is 0 Å². The number of likely N-dealkylation sites (tertiary alicyclic amines) is 2. The summed E-state index contributed by atoms with van der Waals surface area (Å²) < 4.78 is 20.0. The SMILES string of the molecule is O=C([C@@H]1C[C@H]2CCN(Cc3ccccc3F)C[C@@H]2O1)N1CCCC1. The molecule has 3 aliphatic heterocycles. The zero-order chi connectivity index (χ0) is 16.5. The van der Waals surface area contributed by atoms with E-state index in [0.29, 0.717) is 12.5 Å². The third kappa shape index (κ3) is 3.20. The largest absolute Gasteiger partial charge is 0.364 e. The van der Waals surface area contributed by atoms with Gasteiger partial charge in [0, 0.05) is 31.7 Å². The summed E-state index contributed by atoms with van der Waals surface area (Å²) in [7, 11) is 0. The summed E-state index contributed by atoms with van der Waals surface area (Å²) in [5.74, 6) is 0.509. The Morgan fingerprint density at radius 2 is 2.00 bits per heavy atom. The second kappa shape index (κ2) is 6.81. The highest BCUT2D eigenvalue weighted by atomic mass is 19.1. The van der Waals surface area contributed by atoms with E-state index in [1.165, 1.54) is 6.07 Å². The number of ether oxygens (including phenoxy) is 1. The number of benzene rings is 1. The Hall–Kier alpha value is -1.46. The first-order valence-corrected chi connectivity index (χ1v) is 9.11. The molecular weight excluding hydrogens is 307 g/mol. The number of halogens is 1. The lowest BCUT2D eigenvalue weighted by Gasteiger charge is -2.34. The van der Waals surface area contributed by atoms with Crippen molar-refractivity contribution in [1.82, 2.24) is 9.80 Å². The van der Waals surface area contributed by atoms with Crippen LogP contribution in [-0.2, 0) is 16.1 Å². The topological polar surface area (TPSA) is 32.8 Å². The quantitative estimate of drug-likeness (QED) is 0.852. The molecule has 0 N–H and O–H groups in total. The zero-order valence-electron chi connectivity index (χ0n) is 14.0. The highest BCUT2D eigenvalue weighted by Crippen LogP contribution is 2.35. The van der Waals surface area contributed by atoms with E-state index in [-0.39, 0.29) is 23.9 Å². The Morgan fingerprint density at radius 1 is 1.21 bits per heavy atom. The number of carbonyl (C=O) groups is 1. The van der Waals surface area contributed by atoms with Crippen LogP contribution in [0, 0.1) is 11.7 Å². The molecule has 0 aliphatic carbocycles. The smallest absolute Gasteiger partial charge is 0.251 e. The first kappa shape index (κ1) is 16.0. The number of carbonyl (C=O) groups excluding carboxylic acids is 1. The van der Waals surface area contributed by atoms with Gasteiger partial charge in [-0.1, -0.05) is 18.2 Å². The predicted octanol–water partition coefficient (Wildman–Crippen LogP) is 2.43. The minimum absolute atomic E-state index is 0.113. The van der Waals surface area contributed by atoms with Gasteiger partial charge in [-0.25, -0.2) is 4.39 Å². The second-order valence-corrected chi connectivity index (χ2v) is 7.31. The van der Waals surface area contributed by atoms with Gasteiger partial charge in [-0.2, -0.15) is 0 Å². The van der Waals surface area contributed by atoms with Gasteiger partial charge in [-0.15, -0.1) is 0 Å². The highest BCUT2D eigenvalue weighted by molar-refractivity contribution is 5.81. The van der Waals surface area contributed by atoms with E-state index < -0.39 is 0 Å². The van der Waals surface area contributed by atoms with Crippen molar-refractivity contribution in [3.63, 3.8) is 0 Å². The van der Waals surface area contributed by atoms with Gasteiger partial charge in [0.05, 0.1) is 6.10 Å². The summed E-state index contributed by atoms with van der Waals surface area (Å²) in [6, 6.07) is 6.96. The van der Waals surface area contributed by atoms with E-state index in [9.17, 15) is 9.18 Å². The molecule has 0 bridgehead atoms. The fourth-order valence-electron chi connectivity index (χ4n) is 4.31. The second-order valence-electron chi connectivity index (χ2n) is 7.31. The molecule has 3 saturated heterocycles. The maximum absolute atomic E-state index is 13.8. The van der Waals surface area contributed by atoms with Crippen LogP contribution < -0.4 is 0 Å². The van der Waals surface area contributed by atoms with Crippen molar-refractivity contribution < 1.29 is 13.9 Å². The van der Waals surface area contributed by atoms with Crippen LogP contribution in [0.2, 0.25) is 0 Å². The molecule has 0 saturated carbocycles. The Morgan fingerprint density at radius 3 is 2.79 bits per heavy atom. The Balaban J connectivity index is 1.35. The van der Waals surface area contributed by atoms with Gasteiger partial charge in [0.2, 0.25) is 0 Å². The molecule has 0 unspecified atom stereocenters. The standard InChI is InChI=1S/C19H25FN2O2/c20-16-6-2-1-5-15(16)12-21-10-7-14-11-17(24-18(14)13-21)19(23)22-8-3-4-9-22/h1-2,5-6,14,17-18H,3-4,7-13H2/t14-,17+,18+/m1/s1. The molecule has 0 spiro atoms. The van der Waals surface area contributed by atoms with Crippen LogP contribution in [0.15, 0.2) is 24.3 Å². The van der Waals surface area contributed by atoms with Crippen molar-refractivity contribution in [3.8, 4) is 0 Å². The molecular formula is C19H25FN2O2. The van der Waals surface area contributed by atoms with Crippen LogP contribution in [0.1, 0.15) is 31.2 Å². The van der Waals surface area contributed by atoms with Crippen LogP contribution >= 0.6 is 0 Å². The number of amides is 1. The van der Waals surface area contributed by atoms with Gasteiger partial charge in [-0.05, 0) is 44.2 Å². The molecule has 24 heavy (non-hydrogen) atoms. The maximum atomic E-state index is 13.8.